The Morgan fingerprint density at radius 3 is 2.92 bits per heavy atom. The van der Waals surface area contributed by atoms with Crippen molar-refractivity contribution in [3.63, 3.8) is 0 Å². The van der Waals surface area contributed by atoms with E-state index in [2.05, 4.69) is 10.5 Å². The molecule has 1 heterocycles. The third-order valence-corrected chi connectivity index (χ3v) is 4.44. The standard InChI is InChI=1S/C17H14F2N2O2S/c18-11-5-6-16-12(9-11)14(7-8-24-16)20-21-17(22)10-23-15-4-2-1-3-13(15)19/h1-6,9H,7-8,10H2,(H,21,22)/b20-14-. The second-order valence-electron chi connectivity index (χ2n) is 5.05. The van der Waals surface area contributed by atoms with E-state index in [4.69, 9.17) is 4.74 Å². The molecule has 0 fully saturated rings. The largest absolute Gasteiger partial charge is 0.481 e. The van der Waals surface area contributed by atoms with Gasteiger partial charge in [0.05, 0.1) is 5.71 Å². The second-order valence-corrected chi connectivity index (χ2v) is 6.19. The van der Waals surface area contributed by atoms with Gasteiger partial charge in [-0.05, 0) is 30.3 Å². The first-order valence-corrected chi connectivity index (χ1v) is 8.27. The molecule has 24 heavy (non-hydrogen) atoms. The van der Waals surface area contributed by atoms with E-state index >= 15 is 0 Å². The van der Waals surface area contributed by atoms with Crippen LogP contribution in [0.3, 0.4) is 0 Å². The zero-order valence-electron chi connectivity index (χ0n) is 12.6. The Kier molecular flexibility index (Phi) is 5.10. The van der Waals surface area contributed by atoms with Crippen LogP contribution < -0.4 is 10.2 Å². The fourth-order valence-corrected chi connectivity index (χ4v) is 3.24. The van der Waals surface area contributed by atoms with Gasteiger partial charge in [0.2, 0.25) is 0 Å². The van der Waals surface area contributed by atoms with E-state index in [-0.39, 0.29) is 18.2 Å². The van der Waals surface area contributed by atoms with Crippen LogP contribution in [0.2, 0.25) is 0 Å². The number of carbonyl (C=O) groups excluding carboxylic acids is 1. The summed E-state index contributed by atoms with van der Waals surface area (Å²) in [5, 5.41) is 4.06. The minimum absolute atomic E-state index is 0.00165. The maximum absolute atomic E-state index is 13.4. The topological polar surface area (TPSA) is 50.7 Å². The summed E-state index contributed by atoms with van der Waals surface area (Å²) in [6.45, 7) is -0.359. The number of nitrogens with one attached hydrogen (secondary N) is 1. The number of para-hydroxylation sites is 1. The predicted octanol–water partition coefficient (Wildman–Crippen LogP) is 3.36. The molecule has 1 aliphatic heterocycles. The molecule has 0 aromatic heterocycles. The molecule has 0 spiro atoms. The maximum Gasteiger partial charge on any atom is 0.277 e. The number of carbonyl (C=O) groups is 1. The lowest BCUT2D eigenvalue weighted by Gasteiger charge is -2.17. The molecular weight excluding hydrogens is 334 g/mol. The van der Waals surface area contributed by atoms with Crippen LogP contribution in [0.1, 0.15) is 12.0 Å². The van der Waals surface area contributed by atoms with Gasteiger partial charge in [-0.1, -0.05) is 12.1 Å². The molecule has 2 aromatic rings. The van der Waals surface area contributed by atoms with Crippen molar-refractivity contribution in [3.8, 4) is 5.75 Å². The minimum atomic E-state index is -0.537. The molecule has 0 saturated heterocycles. The van der Waals surface area contributed by atoms with Crippen LogP contribution in [0.25, 0.3) is 0 Å². The highest BCUT2D eigenvalue weighted by Crippen LogP contribution is 2.30. The van der Waals surface area contributed by atoms with E-state index in [0.29, 0.717) is 17.7 Å². The van der Waals surface area contributed by atoms with Gasteiger partial charge >= 0.3 is 0 Å². The van der Waals surface area contributed by atoms with Crippen LogP contribution in [0.4, 0.5) is 8.78 Å². The maximum atomic E-state index is 13.4. The monoisotopic (exact) mass is 348 g/mol. The van der Waals surface area contributed by atoms with Crippen LogP contribution in [-0.4, -0.2) is 24.0 Å². The Morgan fingerprint density at radius 1 is 1.25 bits per heavy atom. The van der Waals surface area contributed by atoms with E-state index in [1.807, 2.05) is 0 Å². The predicted molar refractivity (Wildman–Crippen MR) is 88.3 cm³/mol. The molecule has 0 aliphatic carbocycles. The van der Waals surface area contributed by atoms with Gasteiger partial charge in [-0.15, -0.1) is 11.8 Å². The van der Waals surface area contributed by atoms with Gasteiger partial charge in [-0.25, -0.2) is 14.2 Å². The fourth-order valence-electron chi connectivity index (χ4n) is 2.23. The number of amides is 1. The van der Waals surface area contributed by atoms with Crippen molar-refractivity contribution in [2.75, 3.05) is 12.4 Å². The Balaban J connectivity index is 1.63. The third kappa shape index (κ3) is 3.91. The van der Waals surface area contributed by atoms with Gasteiger partial charge in [0.1, 0.15) is 5.82 Å². The highest BCUT2D eigenvalue weighted by Gasteiger charge is 2.17. The summed E-state index contributed by atoms with van der Waals surface area (Å²) < 4.78 is 31.9. The molecule has 0 radical (unpaired) electrons. The summed E-state index contributed by atoms with van der Waals surface area (Å²) >= 11 is 1.62. The lowest BCUT2D eigenvalue weighted by Crippen LogP contribution is -2.27. The number of hydrogen-bond donors (Lipinski definition) is 1. The molecule has 0 saturated carbocycles. The number of hydrogen-bond acceptors (Lipinski definition) is 4. The van der Waals surface area contributed by atoms with Crippen molar-refractivity contribution in [1.82, 2.24) is 5.43 Å². The third-order valence-electron chi connectivity index (χ3n) is 3.36. The number of rotatable bonds is 4. The molecule has 3 rings (SSSR count). The molecule has 124 valence electrons. The fraction of sp³-hybridized carbons (Fsp3) is 0.176. The van der Waals surface area contributed by atoms with Gasteiger partial charge in [-0.3, -0.25) is 4.79 Å². The van der Waals surface area contributed by atoms with Crippen LogP contribution in [-0.2, 0) is 4.79 Å². The summed E-state index contributed by atoms with van der Waals surface area (Å²) in [6.07, 6.45) is 0.621. The average molecular weight is 348 g/mol. The van der Waals surface area contributed by atoms with Crippen molar-refractivity contribution < 1.29 is 18.3 Å². The number of benzene rings is 2. The molecule has 0 unspecified atom stereocenters. The van der Waals surface area contributed by atoms with Gasteiger partial charge in [0.15, 0.2) is 18.2 Å². The Hall–Kier alpha value is -2.41. The van der Waals surface area contributed by atoms with E-state index in [1.54, 1.807) is 23.9 Å². The van der Waals surface area contributed by atoms with Crippen molar-refractivity contribution in [2.24, 2.45) is 5.10 Å². The lowest BCUT2D eigenvalue weighted by atomic mass is 10.1. The van der Waals surface area contributed by atoms with E-state index in [1.165, 1.54) is 30.3 Å². The molecule has 4 nitrogen and oxygen atoms in total. The summed E-state index contributed by atoms with van der Waals surface area (Å²) in [6, 6.07) is 10.3. The number of halogens is 2. The SMILES string of the molecule is O=C(COc1ccccc1F)N/N=C1/CCSc2ccc(F)cc21. The van der Waals surface area contributed by atoms with Crippen LogP contribution in [0, 0.1) is 11.6 Å². The van der Waals surface area contributed by atoms with Crippen molar-refractivity contribution >= 4 is 23.4 Å². The van der Waals surface area contributed by atoms with Crippen LogP contribution >= 0.6 is 11.8 Å². The van der Waals surface area contributed by atoms with Crippen molar-refractivity contribution in [1.29, 1.82) is 0 Å². The first kappa shape index (κ1) is 16.4. The zero-order chi connectivity index (χ0) is 16.9. The molecule has 0 bridgehead atoms. The van der Waals surface area contributed by atoms with Gasteiger partial charge in [0.25, 0.3) is 5.91 Å². The van der Waals surface area contributed by atoms with Gasteiger partial charge in [0, 0.05) is 22.6 Å². The number of hydrazone groups is 1. The number of ether oxygens (including phenoxy) is 1. The van der Waals surface area contributed by atoms with Gasteiger partial charge < -0.3 is 4.74 Å². The Bertz CT molecular complexity index is 796. The molecule has 1 aliphatic rings. The number of nitrogens with zero attached hydrogens (tertiary/aromatic N) is 1. The van der Waals surface area contributed by atoms with Crippen molar-refractivity contribution in [3.05, 3.63) is 59.7 Å². The molecule has 7 heteroatoms. The van der Waals surface area contributed by atoms with Gasteiger partial charge in [-0.2, -0.15) is 5.10 Å². The quantitative estimate of drug-likeness (QED) is 0.862. The number of fused-ring (bicyclic) bond motifs is 1. The molecular formula is C17H14F2N2O2S. The zero-order valence-corrected chi connectivity index (χ0v) is 13.4. The summed E-state index contributed by atoms with van der Waals surface area (Å²) in [7, 11) is 0. The van der Waals surface area contributed by atoms with Crippen LogP contribution in [0.15, 0.2) is 52.5 Å². The van der Waals surface area contributed by atoms with E-state index in [9.17, 15) is 13.6 Å². The highest BCUT2D eigenvalue weighted by atomic mass is 32.2. The minimum Gasteiger partial charge on any atom is -0.481 e. The number of thioether (sulfide) groups is 1. The summed E-state index contributed by atoms with van der Waals surface area (Å²) in [5.74, 6) is -0.591. The molecule has 1 N–H and O–H groups in total. The molecule has 1 amide bonds. The smallest absolute Gasteiger partial charge is 0.277 e. The molecule has 0 atom stereocenters. The molecule has 2 aromatic carbocycles. The second kappa shape index (κ2) is 7.44. The highest BCUT2D eigenvalue weighted by molar-refractivity contribution is 7.99. The Morgan fingerprint density at radius 2 is 2.08 bits per heavy atom. The summed E-state index contributed by atoms with van der Waals surface area (Å²) in [4.78, 5) is 12.7. The van der Waals surface area contributed by atoms with E-state index in [0.717, 1.165) is 10.6 Å². The lowest BCUT2D eigenvalue weighted by molar-refractivity contribution is -0.123. The average Bonchev–Trinajstić information content (AvgIpc) is 2.59. The summed E-state index contributed by atoms with van der Waals surface area (Å²) in [5.41, 5.74) is 3.67. The van der Waals surface area contributed by atoms with Crippen LogP contribution in [0.5, 0.6) is 5.75 Å². The normalized spacial score (nSPS) is 15.0. The van der Waals surface area contributed by atoms with E-state index < -0.39 is 11.7 Å². The van der Waals surface area contributed by atoms with Crippen molar-refractivity contribution in [2.45, 2.75) is 11.3 Å². The Labute approximate surface area is 141 Å². The first-order valence-electron chi connectivity index (χ1n) is 7.29. The first-order chi connectivity index (χ1) is 11.6.